The Morgan fingerprint density at radius 2 is 2.06 bits per heavy atom. The number of halogens is 1. The third-order valence-electron chi connectivity index (χ3n) is 6.41. The van der Waals surface area contributed by atoms with Gasteiger partial charge in [-0.2, -0.15) is 5.26 Å². The molecular formula is C25H25FN2O3. The van der Waals surface area contributed by atoms with Crippen LogP contribution in [0, 0.1) is 30.0 Å². The van der Waals surface area contributed by atoms with Crippen LogP contribution in [-0.4, -0.2) is 5.78 Å². The summed E-state index contributed by atoms with van der Waals surface area (Å²) in [6.45, 7) is 5.37. The number of nitrogens with zero attached hydrogens (tertiary/aromatic N) is 1. The standard InChI is InChI=1S/C25H25FN2O3/c1-4-19-24(21(30)11-15-6-5-7-15)22(17(12-27)14(3)28-19)16-8-9-18(26)23-20(29)10-13(2)31-25(16)23/h8-10,15,22,28H,4-7,11H2,1-3H3. The summed E-state index contributed by atoms with van der Waals surface area (Å²) in [5.41, 5.74) is 2.41. The van der Waals surface area contributed by atoms with Crippen LogP contribution in [0.4, 0.5) is 4.39 Å². The Labute approximate surface area is 180 Å². The largest absolute Gasteiger partial charge is 0.461 e. The maximum Gasteiger partial charge on any atom is 0.195 e. The van der Waals surface area contributed by atoms with Gasteiger partial charge in [-0.1, -0.05) is 32.3 Å². The summed E-state index contributed by atoms with van der Waals surface area (Å²) >= 11 is 0. The molecule has 0 saturated heterocycles. The van der Waals surface area contributed by atoms with Gasteiger partial charge in [0.05, 0.1) is 17.6 Å². The number of dihydropyridines is 1. The van der Waals surface area contributed by atoms with Crippen molar-refractivity contribution >= 4 is 16.8 Å². The van der Waals surface area contributed by atoms with Gasteiger partial charge in [0.15, 0.2) is 11.2 Å². The van der Waals surface area contributed by atoms with Gasteiger partial charge in [-0.25, -0.2) is 4.39 Å². The zero-order valence-corrected chi connectivity index (χ0v) is 18.0. The average molecular weight is 420 g/mol. The zero-order valence-electron chi connectivity index (χ0n) is 18.0. The molecule has 31 heavy (non-hydrogen) atoms. The van der Waals surface area contributed by atoms with Gasteiger partial charge in [0.25, 0.3) is 0 Å². The molecule has 1 aromatic carbocycles. The summed E-state index contributed by atoms with van der Waals surface area (Å²) in [5.74, 6) is -0.683. The van der Waals surface area contributed by atoms with E-state index in [1.807, 2.05) is 6.92 Å². The topological polar surface area (TPSA) is 83.1 Å². The number of Topliss-reactive ketones (excluding diaryl/α,β-unsaturated/α-hetero) is 1. The lowest BCUT2D eigenvalue weighted by atomic mass is 9.74. The molecule has 2 heterocycles. The lowest BCUT2D eigenvalue weighted by Crippen LogP contribution is -2.30. The fraction of sp³-hybridized carbons (Fsp3) is 0.400. The number of carbonyl (C=O) groups is 1. The van der Waals surface area contributed by atoms with Crippen LogP contribution < -0.4 is 10.7 Å². The van der Waals surface area contributed by atoms with Gasteiger partial charge in [-0.15, -0.1) is 0 Å². The molecule has 1 aliphatic carbocycles. The first kappa shape index (κ1) is 21.0. The van der Waals surface area contributed by atoms with Crippen molar-refractivity contribution in [2.24, 2.45) is 5.92 Å². The lowest BCUT2D eigenvalue weighted by Gasteiger charge is -2.32. The third kappa shape index (κ3) is 3.59. The number of fused-ring (bicyclic) bond motifs is 1. The SMILES string of the molecule is CCC1=C(C(=O)CC2CCC2)C(c2ccc(F)c3c(=O)cc(C)oc23)C(C#N)=C(C)N1. The molecular weight excluding hydrogens is 395 g/mol. The Balaban J connectivity index is 1.98. The molecule has 0 amide bonds. The predicted molar refractivity (Wildman–Crippen MR) is 116 cm³/mol. The Hall–Kier alpha value is -3.20. The second kappa shape index (κ2) is 8.14. The van der Waals surface area contributed by atoms with E-state index in [9.17, 15) is 19.2 Å². The van der Waals surface area contributed by atoms with Gasteiger partial charge in [0.1, 0.15) is 22.5 Å². The maximum atomic E-state index is 14.6. The highest BCUT2D eigenvalue weighted by Gasteiger charge is 2.37. The normalized spacial score (nSPS) is 19.3. The van der Waals surface area contributed by atoms with Crippen LogP contribution in [0.1, 0.15) is 63.2 Å². The first-order chi connectivity index (χ1) is 14.8. The van der Waals surface area contributed by atoms with Crippen molar-refractivity contribution in [2.75, 3.05) is 0 Å². The van der Waals surface area contributed by atoms with Crippen molar-refractivity contribution in [3.05, 3.63) is 68.1 Å². The smallest absolute Gasteiger partial charge is 0.195 e. The van der Waals surface area contributed by atoms with Gasteiger partial charge in [-0.05, 0) is 32.3 Å². The minimum atomic E-state index is -0.707. The molecule has 1 aromatic heterocycles. The van der Waals surface area contributed by atoms with Crippen LogP contribution in [0.3, 0.4) is 0 Å². The predicted octanol–water partition coefficient (Wildman–Crippen LogP) is 5.15. The number of nitrogens with one attached hydrogen (secondary N) is 1. The Kier molecular flexibility index (Phi) is 5.53. The van der Waals surface area contributed by atoms with E-state index in [1.54, 1.807) is 13.8 Å². The van der Waals surface area contributed by atoms with Crippen LogP contribution in [0.2, 0.25) is 0 Å². The van der Waals surface area contributed by atoms with Crippen molar-refractivity contribution in [3.8, 4) is 6.07 Å². The van der Waals surface area contributed by atoms with E-state index in [2.05, 4.69) is 11.4 Å². The van der Waals surface area contributed by atoms with Crippen molar-refractivity contribution in [1.29, 1.82) is 5.26 Å². The first-order valence-corrected chi connectivity index (χ1v) is 10.7. The highest BCUT2D eigenvalue weighted by molar-refractivity contribution is 6.00. The van der Waals surface area contributed by atoms with E-state index in [0.29, 0.717) is 46.9 Å². The van der Waals surface area contributed by atoms with Gasteiger partial charge in [0, 0.05) is 35.0 Å². The summed E-state index contributed by atoms with van der Waals surface area (Å²) in [6.07, 6.45) is 4.21. The minimum absolute atomic E-state index is 0.00762. The van der Waals surface area contributed by atoms with Crippen LogP contribution in [-0.2, 0) is 4.79 Å². The number of hydrogen-bond donors (Lipinski definition) is 1. The average Bonchev–Trinajstić information content (AvgIpc) is 2.69. The molecule has 1 unspecified atom stereocenters. The summed E-state index contributed by atoms with van der Waals surface area (Å²) in [4.78, 5) is 26.0. The molecule has 1 atom stereocenters. The van der Waals surface area contributed by atoms with Crippen LogP contribution >= 0.6 is 0 Å². The van der Waals surface area contributed by atoms with E-state index >= 15 is 0 Å². The molecule has 0 radical (unpaired) electrons. The molecule has 0 bridgehead atoms. The quantitative estimate of drug-likeness (QED) is 0.723. The number of rotatable bonds is 5. The Morgan fingerprint density at radius 3 is 2.68 bits per heavy atom. The Bertz CT molecular complexity index is 1240. The highest BCUT2D eigenvalue weighted by atomic mass is 19.1. The van der Waals surface area contributed by atoms with Crippen LogP contribution in [0.15, 0.2) is 50.0 Å². The molecule has 1 fully saturated rings. The summed E-state index contributed by atoms with van der Waals surface area (Å²) in [6, 6.07) is 6.24. The molecule has 160 valence electrons. The van der Waals surface area contributed by atoms with E-state index in [-0.39, 0.29) is 16.8 Å². The molecule has 5 nitrogen and oxygen atoms in total. The third-order valence-corrected chi connectivity index (χ3v) is 6.41. The van der Waals surface area contributed by atoms with Crippen molar-refractivity contribution in [3.63, 3.8) is 0 Å². The van der Waals surface area contributed by atoms with E-state index in [4.69, 9.17) is 4.42 Å². The van der Waals surface area contributed by atoms with Crippen molar-refractivity contribution < 1.29 is 13.6 Å². The lowest BCUT2D eigenvalue weighted by molar-refractivity contribution is -0.117. The molecule has 0 spiro atoms. The molecule has 2 aliphatic rings. The molecule has 1 N–H and O–H groups in total. The van der Waals surface area contributed by atoms with Crippen molar-refractivity contribution in [1.82, 2.24) is 5.32 Å². The molecule has 2 aromatic rings. The second-order valence-corrected chi connectivity index (χ2v) is 8.44. The second-order valence-electron chi connectivity index (χ2n) is 8.44. The number of nitriles is 1. The van der Waals surface area contributed by atoms with Gasteiger partial charge in [0.2, 0.25) is 0 Å². The molecule has 1 saturated carbocycles. The van der Waals surface area contributed by atoms with Crippen LogP contribution in [0.25, 0.3) is 11.0 Å². The molecule has 6 heteroatoms. The monoisotopic (exact) mass is 420 g/mol. The van der Waals surface area contributed by atoms with Gasteiger partial charge < -0.3 is 9.73 Å². The van der Waals surface area contributed by atoms with E-state index < -0.39 is 17.2 Å². The highest BCUT2D eigenvalue weighted by Crippen LogP contribution is 2.43. The summed E-state index contributed by atoms with van der Waals surface area (Å²) in [5, 5.41) is 13.1. The fourth-order valence-electron chi connectivity index (χ4n) is 4.62. The number of benzene rings is 1. The van der Waals surface area contributed by atoms with Crippen LogP contribution in [0.5, 0.6) is 0 Å². The van der Waals surface area contributed by atoms with Crippen molar-refractivity contribution in [2.45, 2.75) is 58.8 Å². The molecule has 1 aliphatic heterocycles. The van der Waals surface area contributed by atoms with E-state index in [1.165, 1.54) is 18.2 Å². The van der Waals surface area contributed by atoms with Gasteiger partial charge in [-0.3, -0.25) is 9.59 Å². The molecule has 4 rings (SSSR count). The fourth-order valence-corrected chi connectivity index (χ4v) is 4.62. The number of hydrogen-bond acceptors (Lipinski definition) is 5. The number of aryl methyl sites for hydroxylation is 1. The zero-order chi connectivity index (χ0) is 22.3. The Morgan fingerprint density at radius 1 is 1.32 bits per heavy atom. The summed E-state index contributed by atoms with van der Waals surface area (Å²) in [7, 11) is 0. The minimum Gasteiger partial charge on any atom is -0.461 e. The van der Waals surface area contributed by atoms with E-state index in [0.717, 1.165) is 25.0 Å². The number of carbonyl (C=O) groups excluding carboxylic acids is 1. The maximum absolute atomic E-state index is 14.6. The summed E-state index contributed by atoms with van der Waals surface area (Å²) < 4.78 is 20.4. The first-order valence-electron chi connectivity index (χ1n) is 10.7. The van der Waals surface area contributed by atoms with Gasteiger partial charge >= 0.3 is 0 Å². The number of ketones is 1. The number of allylic oxidation sites excluding steroid dienone is 4.